The number of rotatable bonds is 7. The van der Waals surface area contributed by atoms with Crippen LogP contribution in [0.3, 0.4) is 0 Å². The van der Waals surface area contributed by atoms with Gasteiger partial charge in [-0.2, -0.15) is 0 Å². The van der Waals surface area contributed by atoms with E-state index in [1.165, 1.54) is 38.5 Å². The molecule has 3 nitrogen and oxygen atoms in total. The fourth-order valence-corrected chi connectivity index (χ4v) is 3.58. The van der Waals surface area contributed by atoms with E-state index in [0.29, 0.717) is 18.0 Å². The van der Waals surface area contributed by atoms with Gasteiger partial charge in [0.15, 0.2) is 0 Å². The number of piperidine rings is 1. The van der Waals surface area contributed by atoms with E-state index in [4.69, 9.17) is 0 Å². The Morgan fingerprint density at radius 1 is 1.21 bits per heavy atom. The summed E-state index contributed by atoms with van der Waals surface area (Å²) in [4.78, 5) is 11.9. The van der Waals surface area contributed by atoms with E-state index >= 15 is 0 Å². The van der Waals surface area contributed by atoms with E-state index in [2.05, 4.69) is 24.5 Å². The quantitative estimate of drug-likeness (QED) is 0.696. The molecule has 0 spiro atoms. The number of unbranched alkanes of at least 4 members (excludes halogenated alkanes) is 1. The third-order valence-corrected chi connectivity index (χ3v) is 4.58. The predicted molar refractivity (Wildman–Crippen MR) is 79.0 cm³/mol. The van der Waals surface area contributed by atoms with Gasteiger partial charge in [-0.1, -0.05) is 26.7 Å². The molecule has 0 radical (unpaired) electrons. The summed E-state index contributed by atoms with van der Waals surface area (Å²) in [5.41, 5.74) is 0. The molecule has 2 aliphatic rings. The van der Waals surface area contributed by atoms with Crippen molar-refractivity contribution in [2.45, 2.75) is 77.3 Å². The molecule has 1 amide bonds. The molecule has 0 aromatic rings. The van der Waals surface area contributed by atoms with Gasteiger partial charge in [-0.25, -0.2) is 0 Å². The Hall–Kier alpha value is -0.570. The normalized spacial score (nSPS) is 29.7. The van der Waals surface area contributed by atoms with Crippen molar-refractivity contribution in [1.29, 1.82) is 0 Å². The largest absolute Gasteiger partial charge is 0.356 e. The van der Waals surface area contributed by atoms with Gasteiger partial charge in [0.1, 0.15) is 0 Å². The van der Waals surface area contributed by atoms with Crippen molar-refractivity contribution in [3.63, 3.8) is 0 Å². The molecule has 2 aliphatic heterocycles. The lowest BCUT2D eigenvalue weighted by atomic mass is 9.89. The Balaban J connectivity index is 1.54. The van der Waals surface area contributed by atoms with Crippen molar-refractivity contribution in [3.05, 3.63) is 0 Å². The van der Waals surface area contributed by atoms with Crippen LogP contribution in [-0.4, -0.2) is 24.5 Å². The van der Waals surface area contributed by atoms with Crippen molar-refractivity contribution < 1.29 is 4.79 Å². The van der Waals surface area contributed by atoms with Gasteiger partial charge < -0.3 is 10.6 Å². The molecule has 2 fully saturated rings. The molecule has 0 saturated carbocycles. The molecule has 2 N–H and O–H groups in total. The number of hydrogen-bond donors (Lipinski definition) is 2. The first kappa shape index (κ1) is 14.8. The van der Waals surface area contributed by atoms with Crippen molar-refractivity contribution >= 4 is 5.91 Å². The first-order chi connectivity index (χ1) is 9.13. The second kappa shape index (κ2) is 7.28. The zero-order chi connectivity index (χ0) is 13.7. The van der Waals surface area contributed by atoms with E-state index in [9.17, 15) is 4.79 Å². The lowest BCUT2D eigenvalue weighted by molar-refractivity contribution is -0.122. The van der Waals surface area contributed by atoms with Gasteiger partial charge in [0.05, 0.1) is 0 Å². The molecule has 3 heteroatoms. The molecule has 0 aromatic heterocycles. The van der Waals surface area contributed by atoms with E-state index < -0.39 is 0 Å². The van der Waals surface area contributed by atoms with Gasteiger partial charge in [0, 0.05) is 25.0 Å². The molecular formula is C16H30N2O. The highest BCUT2D eigenvalue weighted by Crippen LogP contribution is 2.32. The predicted octanol–water partition coefficient (Wildman–Crippen LogP) is 2.85. The van der Waals surface area contributed by atoms with Gasteiger partial charge >= 0.3 is 0 Å². The minimum Gasteiger partial charge on any atom is -0.356 e. The van der Waals surface area contributed by atoms with Gasteiger partial charge in [-0.3, -0.25) is 4.79 Å². The molecule has 19 heavy (non-hydrogen) atoms. The Labute approximate surface area is 117 Å². The van der Waals surface area contributed by atoms with Crippen LogP contribution in [0.2, 0.25) is 0 Å². The van der Waals surface area contributed by atoms with Crippen LogP contribution in [0.5, 0.6) is 0 Å². The number of hydrogen-bond acceptors (Lipinski definition) is 2. The van der Waals surface area contributed by atoms with Crippen LogP contribution in [0.1, 0.15) is 65.2 Å². The number of amides is 1. The summed E-state index contributed by atoms with van der Waals surface area (Å²) in [6.45, 7) is 5.37. The van der Waals surface area contributed by atoms with E-state index in [-0.39, 0.29) is 5.91 Å². The first-order valence-corrected chi connectivity index (χ1v) is 8.16. The smallest absolute Gasteiger partial charge is 0.220 e. The summed E-state index contributed by atoms with van der Waals surface area (Å²) in [6, 6.07) is 1.39. The Morgan fingerprint density at radius 2 is 1.89 bits per heavy atom. The highest BCUT2D eigenvalue weighted by Gasteiger charge is 2.33. The molecule has 2 saturated heterocycles. The van der Waals surface area contributed by atoms with Crippen molar-refractivity contribution in [2.75, 3.05) is 6.54 Å². The number of carbonyl (C=O) groups excluding carboxylic acids is 1. The van der Waals surface area contributed by atoms with E-state index in [1.54, 1.807) is 0 Å². The monoisotopic (exact) mass is 266 g/mol. The standard InChI is InChI=1S/C16H30N2O/c1-12(2)5-3-4-8-17-16(19)11-13-9-14-6-7-15(10-13)18-14/h12-15,18H,3-11H2,1-2H3,(H,17,19). The van der Waals surface area contributed by atoms with Crippen LogP contribution in [0.4, 0.5) is 0 Å². The molecule has 110 valence electrons. The maximum absolute atomic E-state index is 11.9. The first-order valence-electron chi connectivity index (χ1n) is 8.16. The van der Waals surface area contributed by atoms with Gasteiger partial charge in [-0.05, 0) is 43.9 Å². The van der Waals surface area contributed by atoms with Crippen LogP contribution in [0, 0.1) is 11.8 Å². The zero-order valence-corrected chi connectivity index (χ0v) is 12.6. The molecular weight excluding hydrogens is 236 g/mol. The van der Waals surface area contributed by atoms with Gasteiger partial charge in [0.25, 0.3) is 0 Å². The molecule has 2 heterocycles. The third-order valence-electron chi connectivity index (χ3n) is 4.58. The second-order valence-corrected chi connectivity index (χ2v) is 6.92. The molecule has 2 rings (SSSR count). The van der Waals surface area contributed by atoms with Crippen molar-refractivity contribution in [2.24, 2.45) is 11.8 Å². The SMILES string of the molecule is CC(C)CCCCNC(=O)CC1CC2CCC(C1)N2. The molecule has 0 aliphatic carbocycles. The van der Waals surface area contributed by atoms with Crippen LogP contribution in [0.25, 0.3) is 0 Å². The second-order valence-electron chi connectivity index (χ2n) is 6.92. The van der Waals surface area contributed by atoms with Gasteiger partial charge in [0.2, 0.25) is 5.91 Å². The van der Waals surface area contributed by atoms with Crippen molar-refractivity contribution in [3.8, 4) is 0 Å². The van der Waals surface area contributed by atoms with Crippen molar-refractivity contribution in [1.82, 2.24) is 10.6 Å². The lowest BCUT2D eigenvalue weighted by Crippen LogP contribution is -2.39. The highest BCUT2D eigenvalue weighted by atomic mass is 16.1. The molecule has 2 bridgehead atoms. The van der Waals surface area contributed by atoms with Gasteiger partial charge in [-0.15, -0.1) is 0 Å². The fraction of sp³-hybridized carbons (Fsp3) is 0.938. The summed E-state index contributed by atoms with van der Waals surface area (Å²) in [7, 11) is 0. The van der Waals surface area contributed by atoms with E-state index in [0.717, 1.165) is 25.3 Å². The van der Waals surface area contributed by atoms with Crippen LogP contribution >= 0.6 is 0 Å². The molecule has 2 atom stereocenters. The zero-order valence-electron chi connectivity index (χ0n) is 12.6. The maximum Gasteiger partial charge on any atom is 0.220 e. The number of fused-ring (bicyclic) bond motifs is 2. The Kier molecular flexibility index (Phi) is 5.68. The molecule has 0 aromatic carbocycles. The maximum atomic E-state index is 11.9. The lowest BCUT2D eigenvalue weighted by Gasteiger charge is -2.28. The summed E-state index contributed by atoms with van der Waals surface area (Å²) < 4.78 is 0. The minimum atomic E-state index is 0.274. The molecule has 2 unspecified atom stereocenters. The van der Waals surface area contributed by atoms with E-state index in [1.807, 2.05) is 0 Å². The highest BCUT2D eigenvalue weighted by molar-refractivity contribution is 5.76. The summed E-state index contributed by atoms with van der Waals surface area (Å²) in [5.74, 6) is 1.67. The average Bonchev–Trinajstić information content (AvgIpc) is 2.68. The Bertz CT molecular complexity index is 278. The summed E-state index contributed by atoms with van der Waals surface area (Å²) >= 11 is 0. The van der Waals surface area contributed by atoms with Crippen LogP contribution in [-0.2, 0) is 4.79 Å². The number of carbonyl (C=O) groups is 1. The average molecular weight is 266 g/mol. The minimum absolute atomic E-state index is 0.274. The summed E-state index contributed by atoms with van der Waals surface area (Å²) in [6.07, 6.45) is 9.42. The third kappa shape index (κ3) is 5.13. The number of nitrogens with one attached hydrogen (secondary N) is 2. The fourth-order valence-electron chi connectivity index (χ4n) is 3.58. The Morgan fingerprint density at radius 3 is 2.53 bits per heavy atom. The topological polar surface area (TPSA) is 41.1 Å². The summed E-state index contributed by atoms with van der Waals surface area (Å²) in [5, 5.41) is 6.73. The van der Waals surface area contributed by atoms with Crippen LogP contribution in [0.15, 0.2) is 0 Å². The van der Waals surface area contributed by atoms with Crippen LogP contribution < -0.4 is 10.6 Å².